The van der Waals surface area contributed by atoms with E-state index >= 15 is 0 Å². The summed E-state index contributed by atoms with van der Waals surface area (Å²) in [5.41, 5.74) is 1.78. The molecule has 0 bridgehead atoms. The van der Waals surface area contributed by atoms with Gasteiger partial charge in [-0.2, -0.15) is 0 Å². The number of amides is 1. The fraction of sp³-hybridized carbons (Fsp3) is 0.167. The maximum Gasteiger partial charge on any atom is 1.00 e. The van der Waals surface area contributed by atoms with Crippen molar-refractivity contribution in [2.45, 2.75) is 19.8 Å². The molecule has 0 aliphatic heterocycles. The number of benzene rings is 2. The summed E-state index contributed by atoms with van der Waals surface area (Å²) in [5, 5.41) is 15.6. The van der Waals surface area contributed by atoms with Crippen molar-refractivity contribution in [2.24, 2.45) is 0 Å². The number of nitrogens with one attached hydrogen (secondary N) is 1. The Bertz CT molecular complexity index is 1410. The summed E-state index contributed by atoms with van der Waals surface area (Å²) < 4.78 is 10.8. The first-order valence-corrected chi connectivity index (χ1v) is 11.1. The predicted molar refractivity (Wildman–Crippen MR) is 123 cm³/mol. The fourth-order valence-corrected chi connectivity index (χ4v) is 4.15. The molecule has 1 amide bonds. The van der Waals surface area contributed by atoms with E-state index in [1.807, 2.05) is 12.1 Å². The first-order chi connectivity index (χ1) is 16.4. The molecule has 2 aromatic carbocycles. The molecule has 0 unspecified atom stereocenters. The number of hydrogen-bond acceptors (Lipinski definition) is 8. The van der Waals surface area contributed by atoms with Crippen molar-refractivity contribution in [2.75, 3.05) is 7.11 Å². The minimum atomic E-state index is -1.24. The number of aromatic nitrogens is 2. The number of carbonyl (C=O) groups excluding carboxylic acids is 2. The number of fused-ring (bicyclic) bond motifs is 1. The van der Waals surface area contributed by atoms with Crippen LogP contribution in [0.5, 0.6) is 5.75 Å². The van der Waals surface area contributed by atoms with E-state index in [-0.39, 0.29) is 134 Å². The number of nitrogens with zero attached hydrogens (tertiary/aromatic N) is 2. The number of carboxylic acids is 1. The maximum atomic E-state index is 12.6. The molecule has 2 aromatic heterocycles. The number of aromatic carboxylic acids is 1. The molecule has 0 saturated carbocycles. The second kappa shape index (κ2) is 15.0. The van der Waals surface area contributed by atoms with Gasteiger partial charge in [0.1, 0.15) is 5.75 Å². The molecular weight excluding hydrogens is 537 g/mol. The van der Waals surface area contributed by atoms with Gasteiger partial charge in [-0.15, -0.1) is 11.3 Å². The summed E-state index contributed by atoms with van der Waals surface area (Å²) in [5.74, 6) is -1.31. The Morgan fingerprint density at radius 1 is 1.08 bits per heavy atom. The third-order valence-corrected chi connectivity index (χ3v) is 5.90. The van der Waals surface area contributed by atoms with Crippen LogP contribution in [0.15, 0.2) is 58.7 Å². The molecular formula is C24H19K2N3O6S. The number of carboxylic acid groups (broad SMARTS) is 1. The number of carbonyl (C=O) groups is 2. The normalized spacial score (nSPS) is 10.2. The number of thiophene rings is 1. The smallest absolute Gasteiger partial charge is 0.545 e. The van der Waals surface area contributed by atoms with Gasteiger partial charge in [0.05, 0.1) is 26.3 Å². The fourth-order valence-electron chi connectivity index (χ4n) is 3.23. The third-order valence-electron chi connectivity index (χ3n) is 4.98. The molecule has 0 saturated heterocycles. The molecule has 4 rings (SSSR count). The van der Waals surface area contributed by atoms with Crippen LogP contribution in [0.4, 0.5) is 0 Å². The van der Waals surface area contributed by atoms with Gasteiger partial charge in [-0.25, -0.2) is 0 Å². The van der Waals surface area contributed by atoms with E-state index in [0.717, 1.165) is 11.1 Å². The summed E-state index contributed by atoms with van der Waals surface area (Å²) in [6.07, 6.45) is 0. The topological polar surface area (TPSA) is 132 Å². The van der Waals surface area contributed by atoms with Gasteiger partial charge >= 0.3 is 103 Å². The molecule has 1 N–H and O–H groups in total. The summed E-state index contributed by atoms with van der Waals surface area (Å²) in [6, 6.07) is 13.4. The Morgan fingerprint density at radius 3 is 2.53 bits per heavy atom. The molecule has 0 spiro atoms. The first-order valence-electron chi connectivity index (χ1n) is 10.2. The molecule has 36 heavy (non-hydrogen) atoms. The SMILES string of the molecule is COc1cccc(CNC(=O)c2nc3scc(COCc4ccc(C(=O)[O-])cc4)c3c(=O)[n-]2)c1.[K+].[K+]. The molecule has 0 radical (unpaired) electrons. The summed E-state index contributed by atoms with van der Waals surface area (Å²) in [7, 11) is 1.56. The van der Waals surface area contributed by atoms with Gasteiger partial charge in [0.15, 0.2) is 5.56 Å². The second-order valence-corrected chi connectivity index (χ2v) is 8.16. The molecule has 174 valence electrons. The summed E-state index contributed by atoms with van der Waals surface area (Å²) >= 11 is 1.23. The maximum absolute atomic E-state index is 12.6. The molecule has 2 heterocycles. The van der Waals surface area contributed by atoms with Crippen molar-refractivity contribution in [1.82, 2.24) is 15.3 Å². The molecule has 12 heteroatoms. The average molecular weight is 556 g/mol. The molecule has 0 atom stereocenters. The van der Waals surface area contributed by atoms with Crippen molar-refractivity contribution in [3.05, 3.63) is 92.3 Å². The third kappa shape index (κ3) is 8.12. The van der Waals surface area contributed by atoms with Crippen LogP contribution in [0.1, 0.15) is 37.7 Å². The van der Waals surface area contributed by atoms with Crippen molar-refractivity contribution >= 4 is 33.4 Å². The molecule has 4 aromatic rings. The van der Waals surface area contributed by atoms with Crippen LogP contribution in [-0.4, -0.2) is 24.0 Å². The van der Waals surface area contributed by atoms with Gasteiger partial charge in [-0.1, -0.05) is 36.4 Å². The van der Waals surface area contributed by atoms with E-state index in [0.29, 0.717) is 21.5 Å². The Labute approximate surface area is 295 Å². The second-order valence-electron chi connectivity index (χ2n) is 7.30. The molecule has 0 fully saturated rings. The van der Waals surface area contributed by atoms with Gasteiger partial charge < -0.3 is 34.7 Å². The largest absolute Gasteiger partial charge is 1.00 e. The van der Waals surface area contributed by atoms with Crippen LogP contribution in [0.25, 0.3) is 10.2 Å². The Hall–Kier alpha value is -0.747. The van der Waals surface area contributed by atoms with Crippen LogP contribution in [0.3, 0.4) is 0 Å². The number of rotatable bonds is 9. The van der Waals surface area contributed by atoms with Gasteiger partial charge in [0.2, 0.25) is 5.91 Å². The van der Waals surface area contributed by atoms with Crippen LogP contribution >= 0.6 is 11.3 Å². The van der Waals surface area contributed by atoms with E-state index in [4.69, 9.17) is 9.47 Å². The number of ether oxygens (including phenoxy) is 2. The quantitative estimate of drug-likeness (QED) is 0.205. The summed E-state index contributed by atoms with van der Waals surface area (Å²) in [4.78, 5) is 44.5. The minimum absolute atomic E-state index is 0. The number of hydrogen-bond donors (Lipinski definition) is 1. The van der Waals surface area contributed by atoms with Crippen molar-refractivity contribution < 1.29 is 127 Å². The molecule has 0 aliphatic carbocycles. The van der Waals surface area contributed by atoms with Crippen molar-refractivity contribution in [3.8, 4) is 5.75 Å². The van der Waals surface area contributed by atoms with Crippen molar-refractivity contribution in [1.29, 1.82) is 0 Å². The standard InChI is InChI=1S/C24H21N3O6S.2K/c1-32-18-4-2-3-15(9-18)10-25-22(29)20-26-21(28)19-17(13-34-23(19)27-20)12-33-11-14-5-7-16(8-6-14)24(30)31;;/h2-9,13H,10-12H2,1H3,(H3,25,26,27,28,29,30,31);;/q;2*+1/p-2. The summed E-state index contributed by atoms with van der Waals surface area (Å²) in [6.45, 7) is 0.603. The van der Waals surface area contributed by atoms with Gasteiger partial charge in [0, 0.05) is 22.6 Å². The van der Waals surface area contributed by atoms with Crippen molar-refractivity contribution in [3.63, 3.8) is 0 Å². The zero-order chi connectivity index (χ0) is 24.1. The minimum Gasteiger partial charge on any atom is -0.545 e. The Kier molecular flexibility index (Phi) is 13.1. The molecule has 9 nitrogen and oxygen atoms in total. The van der Waals surface area contributed by atoms with Crippen LogP contribution < -0.4 is 128 Å². The zero-order valence-electron chi connectivity index (χ0n) is 20.1. The zero-order valence-corrected chi connectivity index (χ0v) is 27.1. The van der Waals surface area contributed by atoms with Gasteiger partial charge in [0.25, 0.3) is 0 Å². The predicted octanol–water partition coefficient (Wildman–Crippen LogP) is -4.36. The van der Waals surface area contributed by atoms with E-state index in [1.165, 1.54) is 23.5 Å². The van der Waals surface area contributed by atoms with E-state index in [9.17, 15) is 19.5 Å². The van der Waals surface area contributed by atoms with Gasteiger partial charge in [-0.05, 0) is 39.8 Å². The number of methoxy groups -OCH3 is 1. The van der Waals surface area contributed by atoms with E-state index in [2.05, 4.69) is 15.3 Å². The van der Waals surface area contributed by atoms with E-state index in [1.54, 1.807) is 36.8 Å². The van der Waals surface area contributed by atoms with Crippen LogP contribution in [0, 0.1) is 0 Å². The monoisotopic (exact) mass is 555 g/mol. The average Bonchev–Trinajstić information content (AvgIpc) is 3.26. The van der Waals surface area contributed by atoms with Crippen LogP contribution in [-0.2, 0) is 24.5 Å². The first kappa shape index (κ1) is 31.5. The Balaban J connectivity index is 0.00000228. The molecule has 0 aliphatic rings. The van der Waals surface area contributed by atoms with Crippen LogP contribution in [0.2, 0.25) is 0 Å². The van der Waals surface area contributed by atoms with E-state index < -0.39 is 17.4 Å². The van der Waals surface area contributed by atoms with Gasteiger partial charge in [-0.3, -0.25) is 9.59 Å². The Morgan fingerprint density at radius 2 is 1.83 bits per heavy atom.